The molecule has 1 aliphatic carbocycles. The van der Waals surface area contributed by atoms with E-state index in [0.29, 0.717) is 5.92 Å². The molecule has 1 aromatic heterocycles. The number of rotatable bonds is 4. The van der Waals surface area contributed by atoms with E-state index < -0.39 is 5.60 Å². The van der Waals surface area contributed by atoms with E-state index in [9.17, 15) is 5.11 Å². The van der Waals surface area contributed by atoms with E-state index in [-0.39, 0.29) is 0 Å². The van der Waals surface area contributed by atoms with Crippen LogP contribution in [0.2, 0.25) is 0 Å². The summed E-state index contributed by atoms with van der Waals surface area (Å²) in [5.41, 5.74) is 1.30. The predicted molar refractivity (Wildman–Crippen MR) is 81.3 cm³/mol. The summed E-state index contributed by atoms with van der Waals surface area (Å²) in [4.78, 5) is 5.79. The number of thiazole rings is 1. The van der Waals surface area contributed by atoms with Crippen LogP contribution in [0.15, 0.2) is 24.3 Å². The van der Waals surface area contributed by atoms with Gasteiger partial charge in [-0.3, -0.25) is 0 Å². The molecule has 0 unspecified atom stereocenters. The van der Waals surface area contributed by atoms with E-state index in [1.807, 2.05) is 38.1 Å². The van der Waals surface area contributed by atoms with Crippen LogP contribution in [0.1, 0.15) is 43.2 Å². The topological polar surface area (TPSA) is 42.4 Å². The zero-order valence-corrected chi connectivity index (χ0v) is 12.8. The first kappa shape index (κ1) is 13.6. The Hall–Kier alpha value is -1.39. The fourth-order valence-corrected chi connectivity index (χ4v) is 3.43. The van der Waals surface area contributed by atoms with Gasteiger partial charge in [-0.2, -0.15) is 0 Å². The molecule has 0 saturated heterocycles. The molecule has 20 heavy (non-hydrogen) atoms. The number of hydrogen-bond acceptors (Lipinski definition) is 4. The van der Waals surface area contributed by atoms with E-state index >= 15 is 0 Å². The maximum Gasteiger partial charge on any atom is 0.124 e. The molecule has 1 N–H and O–H groups in total. The van der Waals surface area contributed by atoms with Gasteiger partial charge in [0.25, 0.3) is 0 Å². The maximum atomic E-state index is 10.4. The van der Waals surface area contributed by atoms with Gasteiger partial charge in [0.15, 0.2) is 0 Å². The predicted octanol–water partition coefficient (Wildman–Crippen LogP) is 3.92. The fourth-order valence-electron chi connectivity index (χ4n) is 2.28. The molecule has 1 aromatic carbocycles. The zero-order chi connectivity index (χ0) is 14.3. The number of aromatic nitrogens is 1. The number of benzene rings is 1. The van der Waals surface area contributed by atoms with Gasteiger partial charge in [0.1, 0.15) is 10.8 Å². The van der Waals surface area contributed by atoms with E-state index in [1.165, 1.54) is 12.8 Å². The van der Waals surface area contributed by atoms with Gasteiger partial charge in [0.2, 0.25) is 0 Å². The van der Waals surface area contributed by atoms with Crippen LogP contribution in [-0.4, -0.2) is 17.2 Å². The average molecular weight is 289 g/mol. The third kappa shape index (κ3) is 2.58. The van der Waals surface area contributed by atoms with Gasteiger partial charge < -0.3 is 9.84 Å². The number of hydrogen-bond donors (Lipinski definition) is 1. The second-order valence-electron chi connectivity index (χ2n) is 5.80. The van der Waals surface area contributed by atoms with Gasteiger partial charge in [-0.05, 0) is 38.8 Å². The van der Waals surface area contributed by atoms with E-state index in [1.54, 1.807) is 18.4 Å². The van der Waals surface area contributed by atoms with Crippen molar-refractivity contribution < 1.29 is 9.84 Å². The lowest BCUT2D eigenvalue weighted by atomic mass is 10.0. The smallest absolute Gasteiger partial charge is 0.124 e. The van der Waals surface area contributed by atoms with Crippen molar-refractivity contribution in [3.63, 3.8) is 0 Å². The van der Waals surface area contributed by atoms with Crippen LogP contribution in [0.3, 0.4) is 0 Å². The molecule has 2 aromatic rings. The highest BCUT2D eigenvalue weighted by atomic mass is 32.1. The molecule has 1 fully saturated rings. The molecular formula is C16H19NO2S. The average Bonchev–Trinajstić information content (AvgIpc) is 3.16. The summed E-state index contributed by atoms with van der Waals surface area (Å²) in [6, 6.07) is 7.92. The van der Waals surface area contributed by atoms with Gasteiger partial charge in [-0.1, -0.05) is 12.1 Å². The minimum Gasteiger partial charge on any atom is -0.497 e. The number of methoxy groups -OCH3 is 1. The van der Waals surface area contributed by atoms with E-state index in [2.05, 4.69) is 0 Å². The number of aliphatic hydroxyl groups is 1. The van der Waals surface area contributed by atoms with Gasteiger partial charge >= 0.3 is 0 Å². The van der Waals surface area contributed by atoms with Crippen molar-refractivity contribution in [3.05, 3.63) is 34.8 Å². The maximum absolute atomic E-state index is 10.4. The molecule has 0 spiro atoms. The second kappa shape index (κ2) is 4.86. The Labute approximate surface area is 123 Å². The highest BCUT2D eigenvalue weighted by Gasteiger charge is 2.34. The molecule has 1 heterocycles. The van der Waals surface area contributed by atoms with Gasteiger partial charge in [-0.15, -0.1) is 11.3 Å². The van der Waals surface area contributed by atoms with Crippen molar-refractivity contribution in [3.8, 4) is 16.3 Å². The van der Waals surface area contributed by atoms with Crippen molar-refractivity contribution in [1.29, 1.82) is 0 Å². The Kier molecular flexibility index (Phi) is 3.30. The zero-order valence-electron chi connectivity index (χ0n) is 12.0. The lowest BCUT2D eigenvalue weighted by molar-refractivity contribution is 0.0813. The molecule has 3 rings (SSSR count). The van der Waals surface area contributed by atoms with Crippen LogP contribution in [-0.2, 0) is 5.60 Å². The van der Waals surface area contributed by atoms with Crippen molar-refractivity contribution in [2.24, 2.45) is 0 Å². The summed E-state index contributed by atoms with van der Waals surface area (Å²) < 4.78 is 5.27. The molecule has 0 radical (unpaired) electrons. The molecule has 106 valence electrons. The normalized spacial score (nSPS) is 15.4. The summed E-state index contributed by atoms with van der Waals surface area (Å²) >= 11 is 1.59. The van der Waals surface area contributed by atoms with Gasteiger partial charge in [0.05, 0.1) is 23.3 Å². The highest BCUT2D eigenvalue weighted by Crippen LogP contribution is 2.47. The summed E-state index contributed by atoms with van der Waals surface area (Å²) in [7, 11) is 1.67. The first-order chi connectivity index (χ1) is 9.49. The Bertz CT molecular complexity index is 624. The van der Waals surface area contributed by atoms with E-state index in [0.717, 1.165) is 26.9 Å². The van der Waals surface area contributed by atoms with Crippen LogP contribution in [0.25, 0.3) is 10.6 Å². The summed E-state index contributed by atoms with van der Waals surface area (Å²) in [6.45, 7) is 3.67. The standard InChI is InChI=1S/C16H19NO2S/c1-16(2,18)14-13(10-7-8-10)17-15(20-14)11-5-4-6-12(9-11)19-3/h4-6,9-10,18H,7-8H2,1-3H3. The van der Waals surface area contributed by atoms with Crippen molar-refractivity contribution >= 4 is 11.3 Å². The first-order valence-corrected chi connectivity index (χ1v) is 7.68. The highest BCUT2D eigenvalue weighted by molar-refractivity contribution is 7.15. The van der Waals surface area contributed by atoms with Crippen molar-refractivity contribution in [2.75, 3.05) is 7.11 Å². The third-order valence-electron chi connectivity index (χ3n) is 3.49. The quantitative estimate of drug-likeness (QED) is 0.927. The Morgan fingerprint density at radius 1 is 1.35 bits per heavy atom. The SMILES string of the molecule is COc1cccc(-c2nc(C3CC3)c(C(C)(C)O)s2)c1. The Morgan fingerprint density at radius 3 is 2.70 bits per heavy atom. The third-order valence-corrected chi connectivity index (χ3v) is 4.92. The van der Waals surface area contributed by atoms with Gasteiger partial charge in [-0.25, -0.2) is 4.98 Å². The molecule has 0 atom stereocenters. The molecule has 4 heteroatoms. The number of nitrogens with zero attached hydrogens (tertiary/aromatic N) is 1. The minimum absolute atomic E-state index is 0.534. The molecular weight excluding hydrogens is 270 g/mol. The van der Waals surface area contributed by atoms with Crippen LogP contribution in [0.5, 0.6) is 5.75 Å². The van der Waals surface area contributed by atoms with Crippen LogP contribution >= 0.6 is 11.3 Å². The fraction of sp³-hybridized carbons (Fsp3) is 0.438. The van der Waals surface area contributed by atoms with Crippen LogP contribution in [0, 0.1) is 0 Å². The van der Waals surface area contributed by atoms with Gasteiger partial charge in [0, 0.05) is 11.5 Å². The molecule has 3 nitrogen and oxygen atoms in total. The minimum atomic E-state index is -0.827. The second-order valence-corrected chi connectivity index (χ2v) is 6.80. The molecule has 0 aliphatic heterocycles. The molecule has 0 amide bonds. The number of ether oxygens (including phenoxy) is 1. The van der Waals surface area contributed by atoms with Crippen molar-refractivity contribution in [2.45, 2.75) is 38.2 Å². The molecule has 1 aliphatic rings. The Morgan fingerprint density at radius 2 is 2.10 bits per heavy atom. The summed E-state index contributed by atoms with van der Waals surface area (Å²) in [5, 5.41) is 11.3. The summed E-state index contributed by atoms with van der Waals surface area (Å²) in [5.74, 6) is 1.36. The Balaban J connectivity index is 2.05. The van der Waals surface area contributed by atoms with Crippen LogP contribution in [0.4, 0.5) is 0 Å². The molecule has 0 bridgehead atoms. The monoisotopic (exact) mass is 289 g/mol. The summed E-state index contributed by atoms with van der Waals surface area (Å²) in [6.07, 6.45) is 2.37. The molecule has 1 saturated carbocycles. The first-order valence-electron chi connectivity index (χ1n) is 6.87. The van der Waals surface area contributed by atoms with E-state index in [4.69, 9.17) is 9.72 Å². The van der Waals surface area contributed by atoms with Crippen molar-refractivity contribution in [1.82, 2.24) is 4.98 Å². The lowest BCUT2D eigenvalue weighted by Gasteiger charge is -2.16. The largest absolute Gasteiger partial charge is 0.497 e. The lowest BCUT2D eigenvalue weighted by Crippen LogP contribution is -2.15. The van der Waals surface area contributed by atoms with Crippen LogP contribution < -0.4 is 4.74 Å².